The molecule has 1 saturated carbocycles. The second kappa shape index (κ2) is 6.68. The molecule has 0 radical (unpaired) electrons. The van der Waals surface area contributed by atoms with Gasteiger partial charge in [0.25, 0.3) is 0 Å². The zero-order chi connectivity index (χ0) is 18.4. The molecule has 26 heavy (non-hydrogen) atoms. The van der Waals surface area contributed by atoms with Gasteiger partial charge in [-0.1, -0.05) is 39.3 Å². The van der Waals surface area contributed by atoms with Gasteiger partial charge in [0.2, 0.25) is 0 Å². The average molecular weight is 356 g/mol. The molecule has 0 amide bonds. The van der Waals surface area contributed by atoms with Crippen molar-refractivity contribution in [1.29, 1.82) is 0 Å². The predicted octanol–water partition coefficient (Wildman–Crippen LogP) is 7.67. The van der Waals surface area contributed by atoms with Crippen molar-refractivity contribution in [2.75, 3.05) is 0 Å². The van der Waals surface area contributed by atoms with E-state index < -0.39 is 0 Å². The molecular formula is C23H26F2O. The summed E-state index contributed by atoms with van der Waals surface area (Å²) in [5, 5.41) is 1.32. The summed E-state index contributed by atoms with van der Waals surface area (Å²) >= 11 is 0. The summed E-state index contributed by atoms with van der Waals surface area (Å²) in [5.74, 6) is 0.406. The van der Waals surface area contributed by atoms with E-state index in [1.165, 1.54) is 6.42 Å². The highest BCUT2D eigenvalue weighted by molar-refractivity contribution is 6.05. The summed E-state index contributed by atoms with van der Waals surface area (Å²) < 4.78 is 35.8. The Morgan fingerprint density at radius 2 is 1.54 bits per heavy atom. The Morgan fingerprint density at radius 1 is 0.923 bits per heavy atom. The molecule has 1 nitrogen and oxygen atoms in total. The molecule has 0 N–H and O–H groups in total. The van der Waals surface area contributed by atoms with E-state index in [1.54, 1.807) is 6.07 Å². The minimum absolute atomic E-state index is 0.0572. The average Bonchev–Trinajstić information content (AvgIpc) is 3.03. The Balaban J connectivity index is 1.80. The fourth-order valence-electron chi connectivity index (χ4n) is 4.51. The fraction of sp³-hybridized carbons (Fsp3) is 0.478. The van der Waals surface area contributed by atoms with Crippen LogP contribution in [0.15, 0.2) is 28.7 Å². The van der Waals surface area contributed by atoms with E-state index in [0.717, 1.165) is 37.2 Å². The van der Waals surface area contributed by atoms with Gasteiger partial charge in [0.05, 0.1) is 0 Å². The van der Waals surface area contributed by atoms with Crippen LogP contribution in [0, 0.1) is 17.6 Å². The lowest BCUT2D eigenvalue weighted by Crippen LogP contribution is -2.13. The maximum Gasteiger partial charge on any atom is 0.171 e. The van der Waals surface area contributed by atoms with Crippen LogP contribution in [0.1, 0.15) is 75.8 Å². The molecule has 1 aliphatic carbocycles. The Hall–Kier alpha value is -1.90. The lowest BCUT2D eigenvalue weighted by atomic mass is 9.77. The third-order valence-electron chi connectivity index (χ3n) is 6.23. The van der Waals surface area contributed by atoms with Crippen LogP contribution in [0.5, 0.6) is 0 Å². The van der Waals surface area contributed by atoms with Gasteiger partial charge in [-0.3, -0.25) is 0 Å². The van der Waals surface area contributed by atoms with Crippen LogP contribution in [0.2, 0.25) is 0 Å². The van der Waals surface area contributed by atoms with Crippen LogP contribution in [0.3, 0.4) is 0 Å². The zero-order valence-electron chi connectivity index (χ0n) is 15.7. The van der Waals surface area contributed by atoms with E-state index in [0.29, 0.717) is 16.3 Å². The first kappa shape index (κ1) is 17.5. The van der Waals surface area contributed by atoms with Crippen molar-refractivity contribution in [3.63, 3.8) is 0 Å². The Labute approximate surface area is 153 Å². The molecule has 0 unspecified atom stereocenters. The van der Waals surface area contributed by atoms with Crippen LogP contribution >= 0.6 is 0 Å². The van der Waals surface area contributed by atoms with E-state index >= 15 is 4.39 Å². The number of rotatable bonds is 3. The molecule has 1 fully saturated rings. The molecule has 0 saturated heterocycles. The highest BCUT2D eigenvalue weighted by Gasteiger charge is 2.26. The molecule has 138 valence electrons. The first-order valence-corrected chi connectivity index (χ1v) is 9.84. The van der Waals surface area contributed by atoms with Crippen LogP contribution in [0.25, 0.3) is 21.9 Å². The number of halogens is 2. The number of hydrogen-bond acceptors (Lipinski definition) is 1. The molecule has 2 aromatic carbocycles. The Kier molecular flexibility index (Phi) is 4.50. The second-order valence-corrected chi connectivity index (χ2v) is 8.07. The topological polar surface area (TPSA) is 13.1 Å². The molecule has 0 aliphatic heterocycles. The Bertz CT molecular complexity index is 946. The molecule has 0 atom stereocenters. The summed E-state index contributed by atoms with van der Waals surface area (Å²) in [4.78, 5) is 0. The first-order valence-electron chi connectivity index (χ1n) is 9.84. The van der Waals surface area contributed by atoms with Crippen molar-refractivity contribution in [2.24, 2.45) is 5.92 Å². The van der Waals surface area contributed by atoms with Gasteiger partial charge in [-0.25, -0.2) is 8.78 Å². The molecule has 1 aliphatic rings. The van der Waals surface area contributed by atoms with Gasteiger partial charge in [0, 0.05) is 10.8 Å². The van der Waals surface area contributed by atoms with E-state index in [1.807, 2.05) is 32.0 Å². The van der Waals surface area contributed by atoms with Crippen molar-refractivity contribution in [1.82, 2.24) is 0 Å². The van der Waals surface area contributed by atoms with E-state index in [2.05, 4.69) is 6.92 Å². The highest BCUT2D eigenvalue weighted by atomic mass is 19.1. The van der Waals surface area contributed by atoms with Gasteiger partial charge >= 0.3 is 0 Å². The maximum atomic E-state index is 15.2. The largest absolute Gasteiger partial charge is 0.450 e. The standard InChI is InChI=1S/C23H26F2O/c1-4-14-5-7-15(8-6-14)17-10-12-19-18-11-9-16(13(2)3)20(24)22(18)26-23(19)21(17)25/h9-15H,4-8H2,1-3H3. The lowest BCUT2D eigenvalue weighted by molar-refractivity contribution is 0.314. The Morgan fingerprint density at radius 3 is 2.15 bits per heavy atom. The predicted molar refractivity (Wildman–Crippen MR) is 103 cm³/mol. The van der Waals surface area contributed by atoms with Crippen molar-refractivity contribution in [3.8, 4) is 0 Å². The summed E-state index contributed by atoms with van der Waals surface area (Å²) in [6.07, 6.45) is 5.56. The van der Waals surface area contributed by atoms with Gasteiger partial charge in [0.1, 0.15) is 0 Å². The quantitative estimate of drug-likeness (QED) is 0.469. The fourth-order valence-corrected chi connectivity index (χ4v) is 4.51. The van der Waals surface area contributed by atoms with E-state index in [4.69, 9.17) is 4.42 Å². The first-order chi connectivity index (χ1) is 12.5. The van der Waals surface area contributed by atoms with Crippen molar-refractivity contribution < 1.29 is 13.2 Å². The van der Waals surface area contributed by atoms with Gasteiger partial charge < -0.3 is 4.42 Å². The lowest BCUT2D eigenvalue weighted by Gasteiger charge is -2.28. The smallest absolute Gasteiger partial charge is 0.171 e. The number of fused-ring (bicyclic) bond motifs is 3. The minimum Gasteiger partial charge on any atom is -0.450 e. The maximum absolute atomic E-state index is 15.2. The summed E-state index contributed by atoms with van der Waals surface area (Å²) in [7, 11) is 0. The number of furan rings is 1. The number of benzene rings is 2. The molecule has 1 aromatic heterocycles. The molecule has 1 heterocycles. The summed E-state index contributed by atoms with van der Waals surface area (Å²) in [5.41, 5.74) is 1.72. The van der Waals surface area contributed by atoms with Crippen molar-refractivity contribution >= 4 is 21.9 Å². The second-order valence-electron chi connectivity index (χ2n) is 8.07. The molecule has 4 rings (SSSR count). The SMILES string of the molecule is CCC1CCC(c2ccc3c(oc4c(F)c(C(C)C)ccc43)c2F)CC1. The van der Waals surface area contributed by atoms with Crippen LogP contribution in [-0.2, 0) is 0 Å². The third kappa shape index (κ3) is 2.72. The van der Waals surface area contributed by atoms with Gasteiger partial charge in [-0.05, 0) is 66.7 Å². The zero-order valence-corrected chi connectivity index (χ0v) is 15.7. The molecule has 3 heteroatoms. The molecule has 0 bridgehead atoms. The van der Waals surface area contributed by atoms with Gasteiger partial charge in [0.15, 0.2) is 22.8 Å². The summed E-state index contributed by atoms with van der Waals surface area (Å²) in [6, 6.07) is 7.43. The molecular weight excluding hydrogens is 330 g/mol. The van der Waals surface area contributed by atoms with E-state index in [-0.39, 0.29) is 34.6 Å². The van der Waals surface area contributed by atoms with Crippen LogP contribution in [-0.4, -0.2) is 0 Å². The van der Waals surface area contributed by atoms with Crippen LogP contribution < -0.4 is 0 Å². The molecule has 3 aromatic rings. The summed E-state index contributed by atoms with van der Waals surface area (Å²) in [6.45, 7) is 6.11. The number of hydrogen-bond donors (Lipinski definition) is 0. The van der Waals surface area contributed by atoms with Crippen molar-refractivity contribution in [3.05, 3.63) is 47.0 Å². The van der Waals surface area contributed by atoms with Gasteiger partial charge in [-0.15, -0.1) is 0 Å². The molecule has 0 spiro atoms. The highest BCUT2D eigenvalue weighted by Crippen LogP contribution is 2.41. The normalized spacial score (nSPS) is 21.2. The van der Waals surface area contributed by atoms with Crippen molar-refractivity contribution in [2.45, 2.75) is 64.7 Å². The third-order valence-corrected chi connectivity index (χ3v) is 6.23. The monoisotopic (exact) mass is 356 g/mol. The van der Waals surface area contributed by atoms with Crippen LogP contribution in [0.4, 0.5) is 8.78 Å². The minimum atomic E-state index is -0.363. The van der Waals surface area contributed by atoms with E-state index in [9.17, 15) is 4.39 Å². The van der Waals surface area contributed by atoms with Gasteiger partial charge in [-0.2, -0.15) is 0 Å².